The number of nitrogens with zero attached hydrogens (tertiary/aromatic N) is 1. The summed E-state index contributed by atoms with van der Waals surface area (Å²) in [6.07, 6.45) is 1.11. The molecular formula is C15H20N2O. The van der Waals surface area contributed by atoms with E-state index in [9.17, 15) is 0 Å². The summed E-state index contributed by atoms with van der Waals surface area (Å²) in [6, 6.07) is 7.56. The molecule has 18 heavy (non-hydrogen) atoms. The van der Waals surface area contributed by atoms with Gasteiger partial charge in [-0.05, 0) is 43.2 Å². The third-order valence-corrected chi connectivity index (χ3v) is 2.55. The molecule has 0 aromatic heterocycles. The Balaban J connectivity index is 2.48. The minimum Gasteiger partial charge on any atom is -0.489 e. The SMILES string of the molecule is C=C(CNCCC)COc1cc(C#N)ccc1C. The molecule has 0 saturated carbocycles. The summed E-state index contributed by atoms with van der Waals surface area (Å²) in [5.41, 5.74) is 2.65. The standard InChI is InChI=1S/C15H20N2O/c1-4-7-17-10-12(2)11-18-15-8-14(9-16)6-5-13(15)3/h5-6,8,17H,2,4,7,10-11H2,1,3H3. The highest BCUT2D eigenvalue weighted by Gasteiger charge is 2.02. The Hall–Kier alpha value is -1.79. The molecule has 0 amide bonds. The van der Waals surface area contributed by atoms with Gasteiger partial charge in [0.05, 0.1) is 11.6 Å². The smallest absolute Gasteiger partial charge is 0.124 e. The second-order valence-corrected chi connectivity index (χ2v) is 4.31. The molecule has 96 valence electrons. The van der Waals surface area contributed by atoms with Gasteiger partial charge in [-0.25, -0.2) is 0 Å². The van der Waals surface area contributed by atoms with Gasteiger partial charge in [-0.15, -0.1) is 0 Å². The molecule has 1 aromatic rings. The maximum absolute atomic E-state index is 8.84. The highest BCUT2D eigenvalue weighted by Crippen LogP contribution is 2.19. The maximum atomic E-state index is 8.84. The number of aryl methyl sites for hydroxylation is 1. The van der Waals surface area contributed by atoms with E-state index in [1.807, 2.05) is 13.0 Å². The highest BCUT2D eigenvalue weighted by atomic mass is 16.5. The van der Waals surface area contributed by atoms with Crippen LogP contribution >= 0.6 is 0 Å². The van der Waals surface area contributed by atoms with Crippen LogP contribution in [-0.4, -0.2) is 19.7 Å². The molecule has 1 N–H and O–H groups in total. The minimum absolute atomic E-state index is 0.479. The zero-order valence-electron chi connectivity index (χ0n) is 11.1. The first-order valence-corrected chi connectivity index (χ1v) is 6.18. The second-order valence-electron chi connectivity index (χ2n) is 4.31. The van der Waals surface area contributed by atoms with Crippen molar-refractivity contribution in [3.05, 3.63) is 41.5 Å². The van der Waals surface area contributed by atoms with Crippen LogP contribution in [0.15, 0.2) is 30.4 Å². The molecule has 0 fully saturated rings. The van der Waals surface area contributed by atoms with Gasteiger partial charge in [0.1, 0.15) is 12.4 Å². The van der Waals surface area contributed by atoms with Crippen molar-refractivity contribution in [2.45, 2.75) is 20.3 Å². The lowest BCUT2D eigenvalue weighted by Gasteiger charge is -2.11. The quantitative estimate of drug-likeness (QED) is 0.592. The molecule has 1 aromatic carbocycles. The first kappa shape index (κ1) is 14.3. The van der Waals surface area contributed by atoms with Crippen LogP contribution in [0, 0.1) is 18.3 Å². The third-order valence-electron chi connectivity index (χ3n) is 2.55. The van der Waals surface area contributed by atoms with E-state index in [0.29, 0.717) is 12.2 Å². The normalized spacial score (nSPS) is 9.83. The molecule has 0 heterocycles. The molecule has 3 nitrogen and oxygen atoms in total. The van der Waals surface area contributed by atoms with E-state index in [-0.39, 0.29) is 0 Å². The molecule has 0 spiro atoms. The Morgan fingerprint density at radius 1 is 1.50 bits per heavy atom. The Morgan fingerprint density at radius 2 is 2.28 bits per heavy atom. The van der Waals surface area contributed by atoms with Crippen molar-refractivity contribution >= 4 is 0 Å². The Morgan fingerprint density at radius 3 is 2.94 bits per heavy atom. The van der Waals surface area contributed by atoms with Crippen molar-refractivity contribution in [2.75, 3.05) is 19.7 Å². The molecule has 3 heteroatoms. The van der Waals surface area contributed by atoms with E-state index in [4.69, 9.17) is 10.00 Å². The fourth-order valence-electron chi connectivity index (χ4n) is 1.50. The van der Waals surface area contributed by atoms with Crippen LogP contribution in [0.4, 0.5) is 0 Å². The average Bonchev–Trinajstić information content (AvgIpc) is 2.38. The van der Waals surface area contributed by atoms with E-state index in [0.717, 1.165) is 36.4 Å². The van der Waals surface area contributed by atoms with Gasteiger partial charge >= 0.3 is 0 Å². The van der Waals surface area contributed by atoms with Gasteiger partial charge in [-0.2, -0.15) is 5.26 Å². The number of ether oxygens (including phenoxy) is 1. The predicted octanol–water partition coefficient (Wildman–Crippen LogP) is 2.80. The van der Waals surface area contributed by atoms with Gasteiger partial charge in [0.2, 0.25) is 0 Å². The van der Waals surface area contributed by atoms with Crippen molar-refractivity contribution in [3.8, 4) is 11.8 Å². The monoisotopic (exact) mass is 244 g/mol. The van der Waals surface area contributed by atoms with Crippen LogP contribution in [0.25, 0.3) is 0 Å². The zero-order chi connectivity index (χ0) is 13.4. The average molecular weight is 244 g/mol. The van der Waals surface area contributed by atoms with E-state index >= 15 is 0 Å². The fourth-order valence-corrected chi connectivity index (χ4v) is 1.50. The van der Waals surface area contributed by atoms with Gasteiger partial charge in [-0.3, -0.25) is 0 Å². The topological polar surface area (TPSA) is 45.0 Å². The van der Waals surface area contributed by atoms with Crippen molar-refractivity contribution in [1.82, 2.24) is 5.32 Å². The Kier molecular flexibility index (Phi) is 5.96. The van der Waals surface area contributed by atoms with Crippen LogP contribution in [0.1, 0.15) is 24.5 Å². The largest absolute Gasteiger partial charge is 0.489 e. The van der Waals surface area contributed by atoms with E-state index in [2.05, 4.69) is 24.9 Å². The predicted molar refractivity (Wildman–Crippen MR) is 73.7 cm³/mol. The summed E-state index contributed by atoms with van der Waals surface area (Å²) in [5.74, 6) is 0.755. The van der Waals surface area contributed by atoms with Crippen molar-refractivity contribution in [3.63, 3.8) is 0 Å². The van der Waals surface area contributed by atoms with Crippen LogP contribution in [-0.2, 0) is 0 Å². The van der Waals surface area contributed by atoms with Gasteiger partial charge in [0, 0.05) is 6.54 Å². The molecule has 0 aliphatic carbocycles. The van der Waals surface area contributed by atoms with Crippen LogP contribution < -0.4 is 10.1 Å². The Bertz CT molecular complexity index is 446. The van der Waals surface area contributed by atoms with Gasteiger partial charge in [-0.1, -0.05) is 19.6 Å². The summed E-state index contributed by atoms with van der Waals surface area (Å²) in [4.78, 5) is 0. The molecule has 0 bridgehead atoms. The molecule has 0 aliphatic rings. The second kappa shape index (κ2) is 7.52. The molecule has 0 saturated heterocycles. The summed E-state index contributed by atoms with van der Waals surface area (Å²) in [7, 11) is 0. The Labute approximate surface area is 109 Å². The zero-order valence-corrected chi connectivity index (χ0v) is 11.1. The van der Waals surface area contributed by atoms with Crippen molar-refractivity contribution in [2.24, 2.45) is 0 Å². The summed E-state index contributed by atoms with van der Waals surface area (Å²) in [5, 5.41) is 12.1. The molecule has 0 unspecified atom stereocenters. The molecule has 1 rings (SSSR count). The fraction of sp³-hybridized carbons (Fsp3) is 0.400. The van der Waals surface area contributed by atoms with Crippen molar-refractivity contribution < 1.29 is 4.74 Å². The first-order chi connectivity index (χ1) is 8.67. The number of hydrogen-bond donors (Lipinski definition) is 1. The molecule has 0 radical (unpaired) electrons. The van der Waals surface area contributed by atoms with Gasteiger partial charge in [0.25, 0.3) is 0 Å². The number of rotatable bonds is 7. The summed E-state index contributed by atoms with van der Waals surface area (Å²) in [6.45, 7) is 10.3. The van der Waals surface area contributed by atoms with E-state index < -0.39 is 0 Å². The third kappa shape index (κ3) is 4.60. The van der Waals surface area contributed by atoms with Gasteiger partial charge in [0.15, 0.2) is 0 Å². The lowest BCUT2D eigenvalue weighted by atomic mass is 10.1. The molecular weight excluding hydrogens is 224 g/mol. The van der Waals surface area contributed by atoms with E-state index in [1.54, 1.807) is 12.1 Å². The van der Waals surface area contributed by atoms with Crippen LogP contribution in [0.2, 0.25) is 0 Å². The molecule has 0 aliphatic heterocycles. The number of nitrogens with one attached hydrogen (secondary N) is 1. The number of hydrogen-bond acceptors (Lipinski definition) is 3. The van der Waals surface area contributed by atoms with Crippen molar-refractivity contribution in [1.29, 1.82) is 5.26 Å². The number of nitriles is 1. The summed E-state index contributed by atoms with van der Waals surface area (Å²) >= 11 is 0. The lowest BCUT2D eigenvalue weighted by molar-refractivity contribution is 0.346. The van der Waals surface area contributed by atoms with Crippen LogP contribution in [0.3, 0.4) is 0 Å². The minimum atomic E-state index is 0.479. The lowest BCUT2D eigenvalue weighted by Crippen LogP contribution is -2.20. The number of benzene rings is 1. The van der Waals surface area contributed by atoms with Gasteiger partial charge < -0.3 is 10.1 Å². The molecule has 0 atom stereocenters. The first-order valence-electron chi connectivity index (χ1n) is 6.18. The van der Waals surface area contributed by atoms with E-state index in [1.165, 1.54) is 0 Å². The maximum Gasteiger partial charge on any atom is 0.124 e. The van der Waals surface area contributed by atoms with Crippen LogP contribution in [0.5, 0.6) is 5.75 Å². The summed E-state index contributed by atoms with van der Waals surface area (Å²) < 4.78 is 5.68. The highest BCUT2D eigenvalue weighted by molar-refractivity contribution is 5.41.